The number of hydrogen-bond donors (Lipinski definition) is 2. The van der Waals surface area contributed by atoms with E-state index in [0.717, 1.165) is 6.07 Å². The number of nitrogens with one attached hydrogen (secondary N) is 1. The van der Waals surface area contributed by atoms with Gasteiger partial charge >= 0.3 is 5.69 Å². The number of hydrogen-bond acceptors (Lipinski definition) is 4. The van der Waals surface area contributed by atoms with E-state index < -0.39 is 28.3 Å². The van der Waals surface area contributed by atoms with E-state index in [4.69, 9.17) is 0 Å². The van der Waals surface area contributed by atoms with E-state index in [1.54, 1.807) is 6.92 Å². The second kappa shape index (κ2) is 6.36. The molecule has 0 fully saturated rings. The molecule has 0 aliphatic carbocycles. The highest BCUT2D eigenvalue weighted by Gasteiger charge is 2.18. The second-order valence-corrected chi connectivity index (χ2v) is 3.85. The summed E-state index contributed by atoms with van der Waals surface area (Å²) in [5, 5.41) is 22.5. The summed E-state index contributed by atoms with van der Waals surface area (Å²) in [7, 11) is 0. The van der Waals surface area contributed by atoms with Crippen LogP contribution in [0.25, 0.3) is 0 Å². The van der Waals surface area contributed by atoms with E-state index in [2.05, 4.69) is 5.32 Å². The molecule has 0 aromatic heterocycles. The molecule has 0 radical (unpaired) electrons. The Morgan fingerprint density at radius 3 is 2.67 bits per heavy atom. The van der Waals surface area contributed by atoms with Gasteiger partial charge in [-0.15, -0.1) is 0 Å². The summed E-state index contributed by atoms with van der Waals surface area (Å²) in [5.74, 6) is -2.05. The first-order chi connectivity index (χ1) is 8.45. The highest BCUT2D eigenvalue weighted by molar-refractivity contribution is 5.37. The van der Waals surface area contributed by atoms with Crippen LogP contribution in [-0.4, -0.2) is 22.7 Å². The van der Waals surface area contributed by atoms with E-state index in [0.29, 0.717) is 12.5 Å². The van der Waals surface area contributed by atoms with Crippen LogP contribution in [0.15, 0.2) is 12.1 Å². The zero-order valence-electron chi connectivity index (χ0n) is 9.82. The normalized spacial score (nSPS) is 12.4. The van der Waals surface area contributed by atoms with Gasteiger partial charge in [-0.3, -0.25) is 10.1 Å². The fraction of sp³-hybridized carbons (Fsp3) is 0.455. The fourth-order valence-electron chi connectivity index (χ4n) is 1.37. The number of benzene rings is 1. The summed E-state index contributed by atoms with van der Waals surface area (Å²) in [5.41, 5.74) is -0.768. The van der Waals surface area contributed by atoms with Gasteiger partial charge < -0.3 is 10.4 Å². The predicted molar refractivity (Wildman–Crippen MR) is 61.0 cm³/mol. The predicted octanol–water partition coefficient (Wildman–Crippen LogP) is 1.73. The minimum absolute atomic E-state index is 0.00796. The molecule has 1 unspecified atom stereocenters. The molecule has 1 atom stereocenters. The topological polar surface area (TPSA) is 75.4 Å². The van der Waals surface area contributed by atoms with Crippen molar-refractivity contribution < 1.29 is 18.8 Å². The largest absolute Gasteiger partial charge is 0.392 e. The van der Waals surface area contributed by atoms with Gasteiger partial charge in [-0.1, -0.05) is 6.92 Å². The Kier molecular flexibility index (Phi) is 5.11. The summed E-state index contributed by atoms with van der Waals surface area (Å²) in [4.78, 5) is 9.59. The average Bonchev–Trinajstić information content (AvgIpc) is 2.31. The highest BCUT2D eigenvalue weighted by atomic mass is 19.1. The quantitative estimate of drug-likeness (QED) is 0.603. The molecule has 0 amide bonds. The number of aliphatic hydroxyl groups excluding tert-OH is 1. The second-order valence-electron chi connectivity index (χ2n) is 3.85. The third kappa shape index (κ3) is 3.71. The number of halogens is 2. The molecule has 5 nitrogen and oxygen atoms in total. The van der Waals surface area contributed by atoms with Gasteiger partial charge in [-0.25, -0.2) is 4.39 Å². The van der Waals surface area contributed by atoms with E-state index in [1.807, 2.05) is 0 Å². The smallest absolute Gasteiger partial charge is 0.305 e. The van der Waals surface area contributed by atoms with Crippen LogP contribution in [-0.2, 0) is 6.54 Å². The maximum absolute atomic E-state index is 13.3. The molecule has 0 spiro atoms. The molecule has 0 aliphatic heterocycles. The number of nitrogens with zero attached hydrogens (tertiary/aromatic N) is 1. The zero-order chi connectivity index (χ0) is 13.7. The van der Waals surface area contributed by atoms with Crippen molar-refractivity contribution in [3.8, 4) is 0 Å². The number of aliphatic hydroxyl groups is 1. The highest BCUT2D eigenvalue weighted by Crippen LogP contribution is 2.21. The Labute approximate surface area is 103 Å². The molecule has 100 valence electrons. The van der Waals surface area contributed by atoms with Crippen LogP contribution in [0.1, 0.15) is 18.9 Å². The summed E-state index contributed by atoms with van der Waals surface area (Å²) in [6, 6.07) is 1.35. The maximum atomic E-state index is 13.3. The van der Waals surface area contributed by atoms with Gasteiger partial charge in [0.2, 0.25) is 5.82 Å². The summed E-state index contributed by atoms with van der Waals surface area (Å²) in [6.45, 7) is 2.01. The molecule has 0 saturated carbocycles. The van der Waals surface area contributed by atoms with Crippen molar-refractivity contribution in [1.29, 1.82) is 0 Å². The molecular formula is C11H14F2N2O3. The molecule has 7 heteroatoms. The van der Waals surface area contributed by atoms with Crippen molar-refractivity contribution in [3.63, 3.8) is 0 Å². The average molecular weight is 260 g/mol. The monoisotopic (exact) mass is 260 g/mol. The van der Waals surface area contributed by atoms with Gasteiger partial charge in [-0.2, -0.15) is 4.39 Å². The summed E-state index contributed by atoms with van der Waals surface area (Å²) >= 11 is 0. The first-order valence-corrected chi connectivity index (χ1v) is 5.46. The SMILES string of the molecule is CCC(O)CNCc1cc([N+](=O)[O-])c(F)cc1F. The molecule has 2 N–H and O–H groups in total. The number of nitro groups is 1. The summed E-state index contributed by atoms with van der Waals surface area (Å²) < 4.78 is 26.4. The van der Waals surface area contributed by atoms with Gasteiger partial charge in [-0.05, 0) is 6.42 Å². The van der Waals surface area contributed by atoms with Crippen LogP contribution in [0.4, 0.5) is 14.5 Å². The lowest BCUT2D eigenvalue weighted by Gasteiger charge is -2.10. The fourth-order valence-corrected chi connectivity index (χ4v) is 1.37. The first-order valence-electron chi connectivity index (χ1n) is 5.46. The third-order valence-corrected chi connectivity index (χ3v) is 2.48. The Morgan fingerprint density at radius 2 is 2.11 bits per heavy atom. The van der Waals surface area contributed by atoms with Gasteiger partial charge in [0.25, 0.3) is 0 Å². The third-order valence-electron chi connectivity index (χ3n) is 2.48. The van der Waals surface area contributed by atoms with Crippen molar-refractivity contribution >= 4 is 5.69 Å². The lowest BCUT2D eigenvalue weighted by molar-refractivity contribution is -0.387. The molecule has 18 heavy (non-hydrogen) atoms. The lowest BCUT2D eigenvalue weighted by Crippen LogP contribution is -2.26. The van der Waals surface area contributed by atoms with Crippen LogP contribution in [0, 0.1) is 21.7 Å². The zero-order valence-corrected chi connectivity index (χ0v) is 9.82. The van der Waals surface area contributed by atoms with Crippen LogP contribution in [0.3, 0.4) is 0 Å². The number of nitro benzene ring substituents is 1. The summed E-state index contributed by atoms with van der Waals surface area (Å²) in [6.07, 6.45) is -0.0255. The van der Waals surface area contributed by atoms with Crippen molar-refractivity contribution in [3.05, 3.63) is 39.4 Å². The molecule has 0 bridgehead atoms. The Morgan fingerprint density at radius 1 is 1.44 bits per heavy atom. The standard InChI is InChI=1S/C11H14F2N2O3/c1-2-8(16)6-14-5-7-3-11(15(17)18)10(13)4-9(7)12/h3-4,8,14,16H,2,5-6H2,1H3. The molecule has 1 rings (SSSR count). The molecule has 1 aromatic carbocycles. The first kappa shape index (κ1) is 14.5. The Balaban J connectivity index is 2.76. The van der Waals surface area contributed by atoms with Gasteiger partial charge in [0.1, 0.15) is 5.82 Å². The van der Waals surface area contributed by atoms with Crippen LogP contribution >= 0.6 is 0 Å². The molecular weight excluding hydrogens is 246 g/mol. The van der Waals surface area contributed by atoms with Crippen molar-refractivity contribution in [1.82, 2.24) is 5.32 Å². The molecule has 0 aliphatic rings. The Hall–Kier alpha value is -1.60. The van der Waals surface area contributed by atoms with E-state index in [9.17, 15) is 24.0 Å². The lowest BCUT2D eigenvalue weighted by atomic mass is 10.1. The molecule has 0 saturated heterocycles. The molecule has 0 heterocycles. The van der Waals surface area contributed by atoms with Gasteiger partial charge in [0.15, 0.2) is 0 Å². The van der Waals surface area contributed by atoms with Gasteiger partial charge in [0.05, 0.1) is 11.0 Å². The molecule has 1 aromatic rings. The van der Waals surface area contributed by atoms with Crippen LogP contribution in [0.2, 0.25) is 0 Å². The number of rotatable bonds is 6. The van der Waals surface area contributed by atoms with E-state index >= 15 is 0 Å². The maximum Gasteiger partial charge on any atom is 0.305 e. The van der Waals surface area contributed by atoms with Crippen molar-refractivity contribution in [2.45, 2.75) is 26.0 Å². The van der Waals surface area contributed by atoms with E-state index in [1.165, 1.54) is 0 Å². The van der Waals surface area contributed by atoms with Crippen molar-refractivity contribution in [2.24, 2.45) is 0 Å². The van der Waals surface area contributed by atoms with E-state index in [-0.39, 0.29) is 18.7 Å². The van der Waals surface area contributed by atoms with Crippen LogP contribution in [0.5, 0.6) is 0 Å². The van der Waals surface area contributed by atoms with Gasteiger partial charge in [0, 0.05) is 30.8 Å². The minimum Gasteiger partial charge on any atom is -0.392 e. The van der Waals surface area contributed by atoms with Crippen molar-refractivity contribution in [2.75, 3.05) is 6.54 Å². The van der Waals surface area contributed by atoms with Crippen LogP contribution < -0.4 is 5.32 Å². The minimum atomic E-state index is -1.20. The Bertz CT molecular complexity index is 441.